The van der Waals surface area contributed by atoms with Crippen LogP contribution < -0.4 is 0 Å². The Morgan fingerprint density at radius 2 is 2.00 bits per heavy atom. The quantitative estimate of drug-likeness (QED) is 0.837. The lowest BCUT2D eigenvalue weighted by atomic mass is 9.84. The van der Waals surface area contributed by atoms with E-state index in [0.717, 1.165) is 28.8 Å². The third-order valence-corrected chi connectivity index (χ3v) is 5.05. The molecule has 0 spiro atoms. The van der Waals surface area contributed by atoms with Crippen molar-refractivity contribution >= 4 is 28.1 Å². The summed E-state index contributed by atoms with van der Waals surface area (Å²) in [5.74, 6) is 0.880. The van der Waals surface area contributed by atoms with Crippen LogP contribution in [0.4, 0.5) is 0 Å². The number of methoxy groups -OCH3 is 1. The summed E-state index contributed by atoms with van der Waals surface area (Å²) in [6.07, 6.45) is 5.68. The molecular formula is C12H17BrN2OS. The fraction of sp³-hybridized carbons (Fsp3) is 0.667. The molecule has 1 aliphatic rings. The second-order valence-electron chi connectivity index (χ2n) is 4.59. The molecule has 1 saturated carbocycles. The number of aromatic nitrogens is 2. The highest BCUT2D eigenvalue weighted by Gasteiger charge is 2.36. The van der Waals surface area contributed by atoms with Crippen molar-refractivity contribution in [3.63, 3.8) is 0 Å². The fourth-order valence-corrected chi connectivity index (χ4v) is 2.88. The number of nitrogens with zero attached hydrogens (tertiary/aromatic N) is 1. The van der Waals surface area contributed by atoms with Crippen molar-refractivity contribution < 1.29 is 4.74 Å². The lowest BCUT2D eigenvalue weighted by Gasteiger charge is -2.35. The maximum atomic E-state index is 5.76. The van der Waals surface area contributed by atoms with Crippen LogP contribution in [0.1, 0.15) is 43.6 Å². The van der Waals surface area contributed by atoms with Gasteiger partial charge in [0.05, 0.1) is 4.47 Å². The van der Waals surface area contributed by atoms with E-state index in [-0.39, 0.29) is 5.60 Å². The minimum absolute atomic E-state index is 0.267. The molecule has 0 amide bonds. The number of halogens is 1. The number of nitrogens with one attached hydrogen (secondary N) is 1. The van der Waals surface area contributed by atoms with E-state index in [9.17, 15) is 0 Å². The normalized spacial score (nSPS) is 19.2. The van der Waals surface area contributed by atoms with Gasteiger partial charge in [-0.15, -0.1) is 0 Å². The second kappa shape index (κ2) is 5.16. The van der Waals surface area contributed by atoms with Crippen LogP contribution in [0.25, 0.3) is 0 Å². The fourth-order valence-electron chi connectivity index (χ4n) is 2.45. The zero-order chi connectivity index (χ0) is 12.5. The van der Waals surface area contributed by atoms with Gasteiger partial charge < -0.3 is 9.72 Å². The Hall–Kier alpha value is -0.260. The molecule has 1 fully saturated rings. The zero-order valence-electron chi connectivity index (χ0n) is 10.2. The lowest BCUT2D eigenvalue weighted by molar-refractivity contribution is -0.0517. The van der Waals surface area contributed by atoms with Crippen LogP contribution >= 0.6 is 28.1 Å². The van der Waals surface area contributed by atoms with Crippen molar-refractivity contribution in [1.82, 2.24) is 9.97 Å². The molecule has 0 aromatic carbocycles. The van der Waals surface area contributed by atoms with Gasteiger partial charge in [-0.05, 0) is 35.7 Å². The van der Waals surface area contributed by atoms with Crippen molar-refractivity contribution in [3.8, 4) is 0 Å². The first-order chi connectivity index (χ1) is 8.09. The van der Waals surface area contributed by atoms with Gasteiger partial charge in [-0.25, -0.2) is 4.98 Å². The van der Waals surface area contributed by atoms with Gasteiger partial charge in [0.15, 0.2) is 0 Å². The van der Waals surface area contributed by atoms with Crippen LogP contribution in [0.2, 0.25) is 0 Å². The summed E-state index contributed by atoms with van der Waals surface area (Å²) < 4.78 is 7.24. The highest BCUT2D eigenvalue weighted by molar-refractivity contribution is 9.10. The van der Waals surface area contributed by atoms with Gasteiger partial charge in [-0.2, -0.15) is 0 Å². The Labute approximate surface area is 115 Å². The van der Waals surface area contributed by atoms with Gasteiger partial charge in [-0.1, -0.05) is 31.5 Å². The Morgan fingerprint density at radius 1 is 1.35 bits per heavy atom. The molecule has 1 aliphatic carbocycles. The molecule has 0 atom stereocenters. The number of aryl methyl sites for hydroxylation is 1. The van der Waals surface area contributed by atoms with Gasteiger partial charge in [-0.3, -0.25) is 0 Å². The molecule has 0 radical (unpaired) electrons. The summed E-state index contributed by atoms with van der Waals surface area (Å²) in [5.41, 5.74) is 0.749. The number of aromatic amines is 1. The van der Waals surface area contributed by atoms with Crippen LogP contribution in [-0.2, 0) is 10.3 Å². The standard InChI is InChI=1S/C12H17BrN2OS/c1-8-9(13)10(17)15-11(14-8)12(16-2)6-4-3-5-7-12/h3-7H2,1-2H3,(H,14,15,17). The van der Waals surface area contributed by atoms with Gasteiger partial charge in [0, 0.05) is 12.8 Å². The van der Waals surface area contributed by atoms with Crippen molar-refractivity contribution in [2.24, 2.45) is 0 Å². The molecule has 1 aromatic rings. The average Bonchev–Trinajstić information content (AvgIpc) is 2.36. The van der Waals surface area contributed by atoms with E-state index in [1.807, 2.05) is 6.92 Å². The van der Waals surface area contributed by atoms with Gasteiger partial charge in [0.2, 0.25) is 0 Å². The third-order valence-electron chi connectivity index (χ3n) is 3.52. The molecule has 17 heavy (non-hydrogen) atoms. The molecule has 0 unspecified atom stereocenters. The highest BCUT2D eigenvalue weighted by atomic mass is 79.9. The van der Waals surface area contributed by atoms with E-state index in [4.69, 9.17) is 17.0 Å². The van der Waals surface area contributed by atoms with E-state index in [0.29, 0.717) is 4.64 Å². The second-order valence-corrected chi connectivity index (χ2v) is 5.77. The van der Waals surface area contributed by atoms with Gasteiger partial charge in [0.25, 0.3) is 0 Å². The molecule has 3 nitrogen and oxygen atoms in total. The van der Waals surface area contributed by atoms with Crippen molar-refractivity contribution in [2.75, 3.05) is 7.11 Å². The Kier molecular flexibility index (Phi) is 4.00. The first kappa shape index (κ1) is 13.2. The number of H-pyrrole nitrogens is 1. The van der Waals surface area contributed by atoms with Crippen LogP contribution in [0.15, 0.2) is 4.47 Å². The molecule has 0 bridgehead atoms. The van der Waals surface area contributed by atoms with Crippen molar-refractivity contribution in [3.05, 3.63) is 20.6 Å². The molecule has 1 heterocycles. The summed E-state index contributed by atoms with van der Waals surface area (Å²) >= 11 is 8.70. The SMILES string of the molecule is COC1(c2nc(=S)c(Br)c(C)[nH]2)CCCCC1. The summed E-state index contributed by atoms with van der Waals surface area (Å²) in [6, 6.07) is 0. The van der Waals surface area contributed by atoms with E-state index in [1.54, 1.807) is 7.11 Å². The molecule has 1 aromatic heterocycles. The van der Waals surface area contributed by atoms with Crippen LogP contribution in [0.3, 0.4) is 0 Å². The molecule has 2 rings (SSSR count). The summed E-state index contributed by atoms with van der Waals surface area (Å²) in [4.78, 5) is 7.82. The predicted molar refractivity (Wildman–Crippen MR) is 73.6 cm³/mol. The largest absolute Gasteiger partial charge is 0.370 e. The molecular weight excluding hydrogens is 300 g/mol. The summed E-state index contributed by atoms with van der Waals surface area (Å²) in [5, 5.41) is 0. The maximum Gasteiger partial charge on any atom is 0.144 e. The monoisotopic (exact) mass is 316 g/mol. The summed E-state index contributed by atoms with van der Waals surface area (Å²) in [7, 11) is 1.77. The van der Waals surface area contributed by atoms with E-state index >= 15 is 0 Å². The molecule has 1 N–H and O–H groups in total. The third kappa shape index (κ3) is 2.46. The number of rotatable bonds is 2. The Bertz CT molecular complexity index is 466. The highest BCUT2D eigenvalue weighted by Crippen LogP contribution is 2.38. The number of hydrogen-bond donors (Lipinski definition) is 1. The topological polar surface area (TPSA) is 37.9 Å². The molecule has 0 saturated heterocycles. The van der Waals surface area contributed by atoms with Crippen molar-refractivity contribution in [1.29, 1.82) is 0 Å². The Balaban J connectivity index is 2.47. The van der Waals surface area contributed by atoms with E-state index in [1.165, 1.54) is 19.3 Å². The first-order valence-corrected chi connectivity index (χ1v) is 7.11. The Morgan fingerprint density at radius 3 is 2.53 bits per heavy atom. The minimum Gasteiger partial charge on any atom is -0.370 e. The smallest absolute Gasteiger partial charge is 0.144 e. The van der Waals surface area contributed by atoms with Gasteiger partial charge >= 0.3 is 0 Å². The van der Waals surface area contributed by atoms with Crippen LogP contribution in [0, 0.1) is 11.6 Å². The first-order valence-electron chi connectivity index (χ1n) is 5.91. The van der Waals surface area contributed by atoms with Crippen LogP contribution in [0.5, 0.6) is 0 Å². The van der Waals surface area contributed by atoms with Crippen LogP contribution in [-0.4, -0.2) is 17.1 Å². The average molecular weight is 317 g/mol. The van der Waals surface area contributed by atoms with E-state index < -0.39 is 0 Å². The predicted octanol–water partition coefficient (Wildman–Crippen LogP) is 4.02. The van der Waals surface area contributed by atoms with E-state index in [2.05, 4.69) is 25.9 Å². The molecule has 94 valence electrons. The molecule has 5 heteroatoms. The molecule has 0 aliphatic heterocycles. The van der Waals surface area contributed by atoms with Crippen molar-refractivity contribution in [2.45, 2.75) is 44.6 Å². The maximum absolute atomic E-state index is 5.76. The summed E-state index contributed by atoms with van der Waals surface area (Å²) in [6.45, 7) is 2.00. The lowest BCUT2D eigenvalue weighted by Crippen LogP contribution is -2.33. The zero-order valence-corrected chi connectivity index (χ0v) is 12.6. The minimum atomic E-state index is -0.267. The number of ether oxygens (including phenoxy) is 1. The van der Waals surface area contributed by atoms with Gasteiger partial charge in [0.1, 0.15) is 16.1 Å². The number of hydrogen-bond acceptors (Lipinski definition) is 3.